The number of alkyl halides is 12. The van der Waals surface area contributed by atoms with Crippen molar-refractivity contribution in [2.75, 3.05) is 0 Å². The smallest absolute Gasteiger partial charge is 0.221 e. The zero-order valence-corrected chi connectivity index (χ0v) is 16.9. The molecule has 0 aliphatic rings. The Kier molecular flexibility index (Phi) is 6.51. The Morgan fingerprint density at radius 2 is 1.38 bits per heavy atom. The van der Waals surface area contributed by atoms with E-state index in [-0.39, 0.29) is 5.56 Å². The Morgan fingerprint density at radius 3 is 1.81 bits per heavy atom. The lowest BCUT2D eigenvalue weighted by atomic mass is 9.81. The third kappa shape index (κ3) is 4.23. The van der Waals surface area contributed by atoms with E-state index in [0.717, 1.165) is 40.8 Å². The van der Waals surface area contributed by atoms with Crippen LogP contribution in [0.1, 0.15) is 16.7 Å². The van der Waals surface area contributed by atoms with Crippen LogP contribution in [0.5, 0.6) is 0 Å². The molecular formula is C18H5F12IN. The molecule has 0 fully saturated rings. The van der Waals surface area contributed by atoms with Crippen molar-refractivity contribution in [1.82, 2.24) is 0 Å². The van der Waals surface area contributed by atoms with Gasteiger partial charge in [0.25, 0.3) is 0 Å². The highest BCUT2D eigenvalue weighted by Crippen LogP contribution is 2.60. The standard InChI is InChI=1S/C18H5F12IN/c19-14(17(25,26)27,16(23,24)18(28,29)30)11-5-10(15(20,21)22)6-12(31)13(11)9-3-1-2-8(4-9)7-32/h1-5H. The monoisotopic (exact) mass is 590 g/mol. The van der Waals surface area contributed by atoms with Crippen LogP contribution in [0.2, 0.25) is 0 Å². The summed E-state index contributed by atoms with van der Waals surface area (Å²) >= 11 is 0.898. The van der Waals surface area contributed by atoms with Crippen molar-refractivity contribution in [3.8, 4) is 17.2 Å². The van der Waals surface area contributed by atoms with Gasteiger partial charge in [0.2, 0.25) is 0 Å². The van der Waals surface area contributed by atoms with Crippen molar-refractivity contribution >= 4 is 22.6 Å². The van der Waals surface area contributed by atoms with Gasteiger partial charge in [0.15, 0.2) is 0 Å². The Labute approximate surface area is 184 Å². The van der Waals surface area contributed by atoms with E-state index >= 15 is 4.39 Å². The average molecular weight is 590 g/mol. The van der Waals surface area contributed by atoms with Gasteiger partial charge in [-0.15, -0.1) is 0 Å². The number of rotatable bonds is 3. The first-order chi connectivity index (χ1) is 14.3. The molecule has 2 rings (SSSR count). The second-order valence-electron chi connectivity index (χ2n) is 6.20. The SMILES string of the molecule is N#Cc1cccc(-c2c(I)[c]c(C(F)(F)F)cc2C(F)(C(F)(F)F)C(F)(F)C(F)(F)F)c1. The van der Waals surface area contributed by atoms with Gasteiger partial charge in [-0.3, -0.25) is 0 Å². The molecule has 0 saturated carbocycles. The second kappa shape index (κ2) is 7.99. The normalized spacial score (nSPS) is 15.2. The fraction of sp³-hybridized carbons (Fsp3) is 0.278. The van der Waals surface area contributed by atoms with Crippen LogP contribution in [0, 0.1) is 21.0 Å². The molecule has 0 heterocycles. The lowest BCUT2D eigenvalue weighted by Gasteiger charge is -2.37. The van der Waals surface area contributed by atoms with Gasteiger partial charge in [-0.05, 0) is 46.4 Å². The Balaban J connectivity index is 3.13. The van der Waals surface area contributed by atoms with Crippen LogP contribution in [-0.4, -0.2) is 18.3 Å². The number of hydrogen-bond donors (Lipinski definition) is 0. The Hall–Kier alpha value is -2.18. The molecule has 0 bridgehead atoms. The van der Waals surface area contributed by atoms with Crippen molar-refractivity contribution in [3.05, 3.63) is 56.7 Å². The molecule has 0 aliphatic heterocycles. The molecule has 173 valence electrons. The predicted molar refractivity (Wildman–Crippen MR) is 93.0 cm³/mol. The van der Waals surface area contributed by atoms with E-state index in [2.05, 4.69) is 0 Å². The first-order valence-electron chi connectivity index (χ1n) is 7.83. The molecule has 1 nitrogen and oxygen atoms in total. The van der Waals surface area contributed by atoms with Crippen molar-refractivity contribution in [2.24, 2.45) is 0 Å². The molecule has 2 aromatic rings. The minimum absolute atomic E-state index is 0.344. The minimum Gasteiger partial charge on any atom is -0.221 e. The Bertz CT molecular complexity index is 1060. The maximum absolute atomic E-state index is 15.1. The highest BCUT2D eigenvalue weighted by atomic mass is 127. The van der Waals surface area contributed by atoms with E-state index in [0.29, 0.717) is 6.07 Å². The summed E-state index contributed by atoms with van der Waals surface area (Å²) in [4.78, 5) is 0. The fourth-order valence-electron chi connectivity index (χ4n) is 2.70. The topological polar surface area (TPSA) is 23.8 Å². The van der Waals surface area contributed by atoms with Crippen LogP contribution < -0.4 is 0 Å². The molecule has 0 aliphatic carbocycles. The van der Waals surface area contributed by atoms with Crippen LogP contribution in [0.15, 0.2) is 30.3 Å². The number of halogens is 13. The van der Waals surface area contributed by atoms with Crippen LogP contribution in [-0.2, 0) is 11.8 Å². The average Bonchev–Trinajstić information content (AvgIpc) is 2.64. The van der Waals surface area contributed by atoms with Gasteiger partial charge in [-0.2, -0.15) is 53.6 Å². The molecule has 0 N–H and O–H groups in total. The first kappa shape index (κ1) is 26.1. The fourth-order valence-corrected chi connectivity index (χ4v) is 3.59. The largest absolute Gasteiger partial charge is 0.457 e. The first-order valence-corrected chi connectivity index (χ1v) is 8.91. The number of nitrogens with zero attached hydrogens (tertiary/aromatic N) is 1. The predicted octanol–water partition coefficient (Wildman–Crippen LogP) is 7.57. The summed E-state index contributed by atoms with van der Waals surface area (Å²) in [6.07, 6.45) is -19.7. The lowest BCUT2D eigenvalue weighted by molar-refractivity contribution is -0.389. The number of hydrogen-bond acceptors (Lipinski definition) is 1. The van der Waals surface area contributed by atoms with Crippen LogP contribution in [0.3, 0.4) is 0 Å². The highest BCUT2D eigenvalue weighted by molar-refractivity contribution is 14.1. The minimum atomic E-state index is -7.19. The third-order valence-electron chi connectivity index (χ3n) is 4.16. The molecule has 1 radical (unpaired) electrons. The van der Waals surface area contributed by atoms with Gasteiger partial charge < -0.3 is 0 Å². The van der Waals surface area contributed by atoms with Gasteiger partial charge in [-0.1, -0.05) is 12.1 Å². The molecule has 1 atom stereocenters. The maximum atomic E-state index is 15.1. The summed E-state index contributed by atoms with van der Waals surface area (Å²) in [7, 11) is 0. The lowest BCUT2D eigenvalue weighted by Crippen LogP contribution is -2.60. The van der Waals surface area contributed by atoms with Crippen molar-refractivity contribution in [2.45, 2.75) is 30.1 Å². The summed E-state index contributed by atoms with van der Waals surface area (Å²) in [5, 5.41) is 8.89. The summed E-state index contributed by atoms with van der Waals surface area (Å²) in [6, 6.07) is 5.73. The molecule has 0 amide bonds. The van der Waals surface area contributed by atoms with E-state index in [9.17, 15) is 48.3 Å². The van der Waals surface area contributed by atoms with Crippen molar-refractivity contribution in [3.63, 3.8) is 0 Å². The third-order valence-corrected chi connectivity index (χ3v) is 4.97. The zero-order valence-electron chi connectivity index (χ0n) is 14.7. The highest BCUT2D eigenvalue weighted by Gasteiger charge is 2.82. The molecule has 32 heavy (non-hydrogen) atoms. The van der Waals surface area contributed by atoms with Crippen molar-refractivity contribution in [1.29, 1.82) is 5.26 Å². The Morgan fingerprint density at radius 1 is 0.812 bits per heavy atom. The van der Waals surface area contributed by atoms with Gasteiger partial charge >= 0.3 is 30.1 Å². The molecule has 14 heteroatoms. The molecule has 0 saturated heterocycles. The van der Waals surface area contributed by atoms with E-state index in [1.165, 1.54) is 12.1 Å². The second-order valence-corrected chi connectivity index (χ2v) is 7.28. The molecule has 0 spiro atoms. The summed E-state index contributed by atoms with van der Waals surface area (Å²) in [6.45, 7) is 0. The summed E-state index contributed by atoms with van der Waals surface area (Å²) in [5.41, 5.74) is -13.9. The van der Waals surface area contributed by atoms with Crippen molar-refractivity contribution < 1.29 is 52.7 Å². The van der Waals surface area contributed by atoms with Gasteiger partial charge in [-0.25, -0.2) is 4.39 Å². The van der Waals surface area contributed by atoms with E-state index in [1.807, 2.05) is 0 Å². The molecule has 2 aromatic carbocycles. The number of benzene rings is 2. The van der Waals surface area contributed by atoms with Gasteiger partial charge in [0, 0.05) is 20.8 Å². The van der Waals surface area contributed by atoms with Crippen LogP contribution >= 0.6 is 22.6 Å². The molecule has 1 unspecified atom stereocenters. The van der Waals surface area contributed by atoms with Crippen LogP contribution in [0.25, 0.3) is 11.1 Å². The molecule has 0 aromatic heterocycles. The van der Waals surface area contributed by atoms with E-state index < -0.39 is 62.0 Å². The summed E-state index contributed by atoms with van der Waals surface area (Å²) < 4.78 is 161. The van der Waals surface area contributed by atoms with E-state index in [1.54, 1.807) is 0 Å². The maximum Gasteiger partial charge on any atom is 0.457 e. The van der Waals surface area contributed by atoms with Gasteiger partial charge in [0.1, 0.15) is 0 Å². The van der Waals surface area contributed by atoms with E-state index in [4.69, 9.17) is 5.26 Å². The zero-order chi connectivity index (χ0) is 24.9. The van der Waals surface area contributed by atoms with Crippen LogP contribution in [0.4, 0.5) is 52.7 Å². The number of nitriles is 1. The summed E-state index contributed by atoms with van der Waals surface area (Å²) in [5.74, 6) is -7.19. The molecular weight excluding hydrogens is 585 g/mol. The quantitative estimate of drug-likeness (QED) is 0.267. The van der Waals surface area contributed by atoms with Gasteiger partial charge in [0.05, 0.1) is 17.2 Å².